The second-order valence-electron chi connectivity index (χ2n) is 6.51. The van der Waals surface area contributed by atoms with Gasteiger partial charge >= 0.3 is 6.03 Å². The summed E-state index contributed by atoms with van der Waals surface area (Å²) in [5.41, 5.74) is 2.86. The molecule has 0 aromatic heterocycles. The van der Waals surface area contributed by atoms with Gasteiger partial charge in [-0.2, -0.15) is 0 Å². The van der Waals surface area contributed by atoms with Gasteiger partial charge in [0.1, 0.15) is 6.04 Å². The Morgan fingerprint density at radius 3 is 1.97 bits per heavy atom. The van der Waals surface area contributed by atoms with Gasteiger partial charge in [-0.1, -0.05) is 49.2 Å². The van der Waals surface area contributed by atoms with Crippen LogP contribution in [0.1, 0.15) is 32.1 Å². The summed E-state index contributed by atoms with van der Waals surface area (Å²) in [5, 5.41) is 16.7. The Kier molecular flexibility index (Phi) is 9.17. The van der Waals surface area contributed by atoms with Crippen LogP contribution >= 0.6 is 0 Å². The molecule has 0 aliphatic rings. The Balaban J connectivity index is 1.91. The van der Waals surface area contributed by atoms with Crippen molar-refractivity contribution in [1.82, 2.24) is 10.8 Å². The topological polar surface area (TPSA) is 120 Å². The number of benzene rings is 2. The van der Waals surface area contributed by atoms with E-state index in [0.717, 1.165) is 0 Å². The molecule has 0 saturated carbocycles. The second-order valence-corrected chi connectivity index (χ2v) is 6.51. The zero-order valence-electron chi connectivity index (χ0n) is 16.1. The number of hydrogen-bond donors (Lipinski definition) is 5. The van der Waals surface area contributed by atoms with Gasteiger partial charge in [0.15, 0.2) is 0 Å². The molecule has 8 nitrogen and oxygen atoms in total. The minimum atomic E-state index is -0.731. The summed E-state index contributed by atoms with van der Waals surface area (Å²) in [7, 11) is 0. The Labute approximate surface area is 169 Å². The van der Waals surface area contributed by atoms with E-state index in [1.54, 1.807) is 41.9 Å². The number of urea groups is 1. The first-order valence-corrected chi connectivity index (χ1v) is 9.50. The van der Waals surface area contributed by atoms with Gasteiger partial charge in [0.25, 0.3) is 0 Å². The predicted molar refractivity (Wildman–Crippen MR) is 110 cm³/mol. The lowest BCUT2D eigenvalue weighted by Crippen LogP contribution is -2.45. The molecule has 2 aromatic rings. The molecule has 0 spiro atoms. The highest BCUT2D eigenvalue weighted by Crippen LogP contribution is 2.11. The summed E-state index contributed by atoms with van der Waals surface area (Å²) in [6.07, 6.45) is 2.53. The van der Waals surface area contributed by atoms with Crippen molar-refractivity contribution < 1.29 is 19.6 Å². The molecule has 5 N–H and O–H groups in total. The number of unbranched alkanes of at least 4 members (excludes halogenated alkanes) is 2. The average Bonchev–Trinajstić information content (AvgIpc) is 2.73. The number of carbonyl (C=O) groups is 3. The molecular weight excluding hydrogens is 372 g/mol. The molecule has 2 rings (SSSR count). The highest BCUT2D eigenvalue weighted by atomic mass is 16.5. The van der Waals surface area contributed by atoms with Crippen molar-refractivity contribution in [3.05, 3.63) is 60.7 Å². The Morgan fingerprint density at radius 2 is 1.38 bits per heavy atom. The largest absolute Gasteiger partial charge is 0.326 e. The number of rotatable bonds is 10. The summed E-state index contributed by atoms with van der Waals surface area (Å²) in [6, 6.07) is 16.8. The van der Waals surface area contributed by atoms with E-state index in [1.807, 2.05) is 24.3 Å². The molecule has 0 heterocycles. The first kappa shape index (κ1) is 21.9. The molecule has 4 amide bonds. The third-order valence-corrected chi connectivity index (χ3v) is 4.22. The van der Waals surface area contributed by atoms with Crippen LogP contribution in [0.2, 0.25) is 0 Å². The maximum absolute atomic E-state index is 12.7. The number of amides is 4. The maximum atomic E-state index is 12.7. The van der Waals surface area contributed by atoms with E-state index >= 15 is 0 Å². The molecule has 0 bridgehead atoms. The van der Waals surface area contributed by atoms with Crippen LogP contribution in [0.5, 0.6) is 0 Å². The fourth-order valence-corrected chi connectivity index (χ4v) is 2.73. The molecule has 0 saturated heterocycles. The fraction of sp³-hybridized carbons (Fsp3) is 0.286. The third kappa shape index (κ3) is 8.44. The van der Waals surface area contributed by atoms with E-state index in [0.29, 0.717) is 37.1 Å². The molecule has 0 fully saturated rings. The molecular formula is C21H26N4O4. The fourth-order valence-electron chi connectivity index (χ4n) is 2.73. The molecule has 2 aromatic carbocycles. The smallest absolute Gasteiger partial charge is 0.319 e. The Morgan fingerprint density at radius 1 is 0.793 bits per heavy atom. The number of nitrogens with one attached hydrogen (secondary N) is 4. The van der Waals surface area contributed by atoms with Gasteiger partial charge in [0.05, 0.1) is 0 Å². The van der Waals surface area contributed by atoms with Crippen molar-refractivity contribution in [2.75, 3.05) is 10.6 Å². The SMILES string of the molecule is O=C(CCCCC[C@H](NC(=O)Nc1ccccc1)C(=O)Nc1ccccc1)NO. The van der Waals surface area contributed by atoms with Crippen LogP contribution in [0.25, 0.3) is 0 Å². The summed E-state index contributed by atoms with van der Waals surface area (Å²) in [4.78, 5) is 36.0. The zero-order chi connectivity index (χ0) is 20.9. The van der Waals surface area contributed by atoms with Crippen LogP contribution in [0.3, 0.4) is 0 Å². The highest BCUT2D eigenvalue weighted by molar-refractivity contribution is 5.99. The van der Waals surface area contributed by atoms with Gasteiger partial charge < -0.3 is 16.0 Å². The van der Waals surface area contributed by atoms with Crippen LogP contribution in [0.4, 0.5) is 16.2 Å². The molecule has 1 atom stereocenters. The molecule has 0 radical (unpaired) electrons. The van der Waals surface area contributed by atoms with Crippen LogP contribution in [-0.4, -0.2) is 29.1 Å². The summed E-state index contributed by atoms with van der Waals surface area (Å²) >= 11 is 0. The van der Waals surface area contributed by atoms with Crippen molar-refractivity contribution in [3.8, 4) is 0 Å². The lowest BCUT2D eigenvalue weighted by molar-refractivity contribution is -0.129. The Bertz CT molecular complexity index is 784. The van der Waals surface area contributed by atoms with Crippen molar-refractivity contribution >= 4 is 29.2 Å². The molecule has 29 heavy (non-hydrogen) atoms. The molecule has 0 aliphatic heterocycles. The lowest BCUT2D eigenvalue weighted by Gasteiger charge is -2.19. The van der Waals surface area contributed by atoms with Gasteiger partial charge in [-0.25, -0.2) is 10.3 Å². The van der Waals surface area contributed by atoms with Crippen LogP contribution < -0.4 is 21.4 Å². The first-order valence-electron chi connectivity index (χ1n) is 9.50. The number of para-hydroxylation sites is 2. The van der Waals surface area contributed by atoms with Crippen molar-refractivity contribution in [1.29, 1.82) is 0 Å². The van der Waals surface area contributed by atoms with E-state index in [1.165, 1.54) is 0 Å². The molecule has 0 unspecified atom stereocenters. The van der Waals surface area contributed by atoms with E-state index in [4.69, 9.17) is 5.21 Å². The van der Waals surface area contributed by atoms with Crippen LogP contribution in [0.15, 0.2) is 60.7 Å². The van der Waals surface area contributed by atoms with Gasteiger partial charge in [-0.15, -0.1) is 0 Å². The standard InChI is InChI=1S/C21H26N4O4/c26-19(25-29)15-9-3-8-14-18(20(27)22-16-10-4-1-5-11-16)24-21(28)23-17-12-6-2-7-13-17/h1-2,4-7,10-13,18,29H,3,8-9,14-15H2,(H,22,27)(H,25,26)(H2,23,24,28)/t18-/m0/s1. The number of hydroxylamine groups is 1. The predicted octanol–water partition coefficient (Wildman–Crippen LogP) is 3.27. The summed E-state index contributed by atoms with van der Waals surface area (Å²) in [5.74, 6) is -0.753. The minimum Gasteiger partial charge on any atom is -0.326 e. The summed E-state index contributed by atoms with van der Waals surface area (Å²) < 4.78 is 0. The average molecular weight is 398 g/mol. The lowest BCUT2D eigenvalue weighted by atomic mass is 10.1. The molecule has 0 aliphatic carbocycles. The number of carbonyl (C=O) groups excluding carboxylic acids is 3. The highest BCUT2D eigenvalue weighted by Gasteiger charge is 2.20. The van der Waals surface area contributed by atoms with E-state index in [9.17, 15) is 14.4 Å². The number of anilines is 2. The van der Waals surface area contributed by atoms with E-state index in [-0.39, 0.29) is 12.3 Å². The zero-order valence-corrected chi connectivity index (χ0v) is 16.1. The quantitative estimate of drug-likeness (QED) is 0.240. The monoisotopic (exact) mass is 398 g/mol. The van der Waals surface area contributed by atoms with Crippen molar-refractivity contribution in [2.45, 2.75) is 38.1 Å². The van der Waals surface area contributed by atoms with Crippen LogP contribution in [-0.2, 0) is 9.59 Å². The van der Waals surface area contributed by atoms with Gasteiger partial charge in [-0.05, 0) is 37.1 Å². The van der Waals surface area contributed by atoms with E-state index in [2.05, 4.69) is 16.0 Å². The van der Waals surface area contributed by atoms with E-state index < -0.39 is 18.0 Å². The van der Waals surface area contributed by atoms with Gasteiger partial charge in [0, 0.05) is 17.8 Å². The van der Waals surface area contributed by atoms with Gasteiger partial charge in [0.2, 0.25) is 11.8 Å². The number of hydrogen-bond acceptors (Lipinski definition) is 4. The third-order valence-electron chi connectivity index (χ3n) is 4.22. The minimum absolute atomic E-state index is 0.208. The second kappa shape index (κ2) is 12.1. The molecule has 8 heteroatoms. The molecule has 154 valence electrons. The van der Waals surface area contributed by atoms with Crippen LogP contribution in [0, 0.1) is 0 Å². The van der Waals surface area contributed by atoms with Crippen molar-refractivity contribution in [2.24, 2.45) is 0 Å². The summed E-state index contributed by atoms with van der Waals surface area (Å²) in [6.45, 7) is 0. The van der Waals surface area contributed by atoms with Crippen molar-refractivity contribution in [3.63, 3.8) is 0 Å². The first-order chi connectivity index (χ1) is 14.1. The Hall–Kier alpha value is -3.39. The normalized spacial score (nSPS) is 11.2. The maximum Gasteiger partial charge on any atom is 0.319 e. The van der Waals surface area contributed by atoms with Gasteiger partial charge in [-0.3, -0.25) is 14.8 Å².